The standard InChI is InChI=1S/C21H32N2O6/c1-11(2)16(18(25)29-12(3)17(24)23-20(27)28-4)22-19(26)21-8-13-5-14(9-21)7-15(6-13)10-21/h11-16H,5-10H2,1-4H3,(H,22,26)(H,23,24,27)/t12-,13?,14?,15?,16-,21?/m0/s1. The molecule has 0 saturated heterocycles. The highest BCUT2D eigenvalue weighted by Crippen LogP contribution is 2.60. The Hall–Kier alpha value is -2.12. The minimum absolute atomic E-state index is 0.0566. The van der Waals surface area contributed by atoms with Crippen LogP contribution in [0.15, 0.2) is 0 Å². The smallest absolute Gasteiger partial charge is 0.413 e. The molecule has 162 valence electrons. The van der Waals surface area contributed by atoms with Crippen LogP contribution >= 0.6 is 0 Å². The summed E-state index contributed by atoms with van der Waals surface area (Å²) >= 11 is 0. The first kappa shape index (κ1) is 21.6. The number of ether oxygens (including phenoxy) is 2. The molecular weight excluding hydrogens is 376 g/mol. The molecule has 4 rings (SSSR count). The summed E-state index contributed by atoms with van der Waals surface area (Å²) in [5, 5.41) is 4.90. The molecule has 2 atom stereocenters. The van der Waals surface area contributed by atoms with Crippen LogP contribution in [-0.2, 0) is 23.9 Å². The van der Waals surface area contributed by atoms with Crippen LogP contribution in [0.3, 0.4) is 0 Å². The number of rotatable bonds is 6. The molecule has 0 heterocycles. The molecule has 4 aliphatic rings. The Morgan fingerprint density at radius 2 is 1.45 bits per heavy atom. The van der Waals surface area contributed by atoms with Crippen LogP contribution in [-0.4, -0.2) is 43.1 Å². The van der Waals surface area contributed by atoms with Gasteiger partial charge in [0, 0.05) is 5.41 Å². The van der Waals surface area contributed by atoms with Crippen molar-refractivity contribution in [1.82, 2.24) is 10.6 Å². The fraction of sp³-hybridized carbons (Fsp3) is 0.810. The Balaban J connectivity index is 1.62. The quantitative estimate of drug-likeness (QED) is 0.652. The predicted octanol–water partition coefficient (Wildman–Crippen LogP) is 2.16. The van der Waals surface area contributed by atoms with E-state index in [1.54, 1.807) is 0 Å². The molecule has 29 heavy (non-hydrogen) atoms. The third-order valence-electron chi connectivity index (χ3n) is 6.80. The third-order valence-corrected chi connectivity index (χ3v) is 6.80. The number of hydrogen-bond acceptors (Lipinski definition) is 6. The van der Waals surface area contributed by atoms with Gasteiger partial charge in [0.25, 0.3) is 5.91 Å². The normalized spacial score (nSPS) is 31.7. The Morgan fingerprint density at radius 3 is 1.90 bits per heavy atom. The molecule has 3 amide bonds. The molecule has 0 aliphatic heterocycles. The molecule has 0 aromatic carbocycles. The molecular formula is C21H32N2O6. The van der Waals surface area contributed by atoms with Crippen molar-refractivity contribution in [2.45, 2.75) is 71.4 Å². The highest BCUT2D eigenvalue weighted by Gasteiger charge is 2.55. The molecule has 4 saturated carbocycles. The van der Waals surface area contributed by atoms with Gasteiger partial charge in [-0.1, -0.05) is 13.8 Å². The van der Waals surface area contributed by atoms with Crippen LogP contribution in [0.5, 0.6) is 0 Å². The average molecular weight is 408 g/mol. The fourth-order valence-electron chi connectivity index (χ4n) is 5.74. The lowest BCUT2D eigenvalue weighted by atomic mass is 9.49. The third kappa shape index (κ3) is 4.56. The van der Waals surface area contributed by atoms with Crippen molar-refractivity contribution < 1.29 is 28.7 Å². The van der Waals surface area contributed by atoms with Crippen molar-refractivity contribution in [1.29, 1.82) is 0 Å². The van der Waals surface area contributed by atoms with Crippen LogP contribution in [0, 0.1) is 29.1 Å². The van der Waals surface area contributed by atoms with Crippen LogP contribution in [0.25, 0.3) is 0 Å². The summed E-state index contributed by atoms with van der Waals surface area (Å²) in [5.74, 6) is 0.163. The zero-order valence-corrected chi connectivity index (χ0v) is 17.7. The van der Waals surface area contributed by atoms with Crippen LogP contribution in [0.4, 0.5) is 4.79 Å². The van der Waals surface area contributed by atoms with Gasteiger partial charge in [0.05, 0.1) is 7.11 Å². The van der Waals surface area contributed by atoms with Crippen molar-refractivity contribution in [3.05, 3.63) is 0 Å². The maximum absolute atomic E-state index is 13.3. The molecule has 4 fully saturated rings. The van der Waals surface area contributed by atoms with E-state index in [9.17, 15) is 19.2 Å². The first-order valence-electron chi connectivity index (χ1n) is 10.5. The minimum Gasteiger partial charge on any atom is -0.453 e. The molecule has 2 N–H and O–H groups in total. The molecule has 8 nitrogen and oxygen atoms in total. The van der Waals surface area contributed by atoms with E-state index >= 15 is 0 Å². The topological polar surface area (TPSA) is 111 Å². The van der Waals surface area contributed by atoms with Gasteiger partial charge in [-0.3, -0.25) is 14.9 Å². The highest BCUT2D eigenvalue weighted by molar-refractivity contribution is 5.95. The van der Waals surface area contributed by atoms with Crippen LogP contribution in [0.2, 0.25) is 0 Å². The summed E-state index contributed by atoms with van der Waals surface area (Å²) in [6, 6.07) is -0.844. The summed E-state index contributed by atoms with van der Waals surface area (Å²) in [6.07, 6.45) is 4.31. The summed E-state index contributed by atoms with van der Waals surface area (Å²) in [4.78, 5) is 49.0. The van der Waals surface area contributed by atoms with E-state index in [1.165, 1.54) is 26.2 Å². The van der Waals surface area contributed by atoms with Gasteiger partial charge < -0.3 is 14.8 Å². The van der Waals surface area contributed by atoms with Crippen molar-refractivity contribution in [2.24, 2.45) is 29.1 Å². The van der Waals surface area contributed by atoms with E-state index in [1.807, 2.05) is 19.2 Å². The molecule has 0 radical (unpaired) electrons. The van der Waals surface area contributed by atoms with E-state index < -0.39 is 30.1 Å². The summed E-state index contributed by atoms with van der Waals surface area (Å²) in [6.45, 7) is 5.02. The van der Waals surface area contributed by atoms with Gasteiger partial charge in [0.1, 0.15) is 6.04 Å². The number of carbonyl (C=O) groups is 4. The van der Waals surface area contributed by atoms with Crippen molar-refractivity contribution in [3.63, 3.8) is 0 Å². The first-order chi connectivity index (χ1) is 13.6. The summed E-state index contributed by atoms with van der Waals surface area (Å²) in [5.41, 5.74) is -0.365. The number of imide groups is 1. The fourth-order valence-corrected chi connectivity index (χ4v) is 5.74. The molecule has 4 bridgehead atoms. The second-order valence-electron chi connectivity index (χ2n) is 9.45. The number of amides is 3. The second kappa shape index (κ2) is 8.32. The Bertz CT molecular complexity index is 653. The number of hydrogen-bond donors (Lipinski definition) is 2. The lowest BCUT2D eigenvalue weighted by molar-refractivity contribution is -0.161. The molecule has 8 heteroatoms. The van der Waals surface area contributed by atoms with Gasteiger partial charge in [0.2, 0.25) is 5.91 Å². The Labute approximate surface area is 171 Å². The van der Waals surface area contributed by atoms with E-state index in [0.29, 0.717) is 17.8 Å². The first-order valence-corrected chi connectivity index (χ1v) is 10.5. The molecule has 0 unspecified atom stereocenters. The largest absolute Gasteiger partial charge is 0.453 e. The summed E-state index contributed by atoms with van der Waals surface area (Å²) in [7, 11) is 1.13. The van der Waals surface area contributed by atoms with Crippen molar-refractivity contribution in [2.75, 3.05) is 7.11 Å². The number of methoxy groups -OCH3 is 1. The van der Waals surface area contributed by atoms with Gasteiger partial charge in [-0.2, -0.15) is 0 Å². The van der Waals surface area contributed by atoms with Gasteiger partial charge >= 0.3 is 12.1 Å². The zero-order chi connectivity index (χ0) is 21.3. The van der Waals surface area contributed by atoms with E-state index in [-0.39, 0.29) is 17.2 Å². The van der Waals surface area contributed by atoms with E-state index in [2.05, 4.69) is 10.1 Å². The minimum atomic E-state index is -1.18. The van der Waals surface area contributed by atoms with Gasteiger partial charge in [0.15, 0.2) is 6.10 Å². The van der Waals surface area contributed by atoms with Crippen molar-refractivity contribution in [3.8, 4) is 0 Å². The van der Waals surface area contributed by atoms with Crippen LogP contribution in [0.1, 0.15) is 59.3 Å². The summed E-state index contributed by atoms with van der Waals surface area (Å²) < 4.78 is 9.59. The van der Waals surface area contributed by atoms with Gasteiger partial charge in [-0.05, 0) is 69.1 Å². The number of esters is 1. The van der Waals surface area contributed by atoms with E-state index in [0.717, 1.165) is 26.4 Å². The predicted molar refractivity (Wildman–Crippen MR) is 103 cm³/mol. The second-order valence-corrected chi connectivity index (χ2v) is 9.45. The zero-order valence-electron chi connectivity index (χ0n) is 17.7. The molecule has 0 aromatic heterocycles. The number of nitrogens with one attached hydrogen (secondary N) is 2. The SMILES string of the molecule is COC(=O)NC(=O)[C@H](C)OC(=O)[C@@H](NC(=O)C12CC3CC(CC(C3)C1)C2)C(C)C. The maximum atomic E-state index is 13.3. The average Bonchev–Trinajstić information content (AvgIpc) is 2.64. The number of alkyl carbamates (subject to hydrolysis) is 1. The lowest BCUT2D eigenvalue weighted by Crippen LogP contribution is -2.57. The highest BCUT2D eigenvalue weighted by atomic mass is 16.6. The van der Waals surface area contributed by atoms with Crippen molar-refractivity contribution >= 4 is 23.9 Å². The molecule has 4 aliphatic carbocycles. The van der Waals surface area contributed by atoms with Gasteiger partial charge in [-0.15, -0.1) is 0 Å². The lowest BCUT2D eigenvalue weighted by Gasteiger charge is -2.55. The maximum Gasteiger partial charge on any atom is 0.413 e. The Morgan fingerprint density at radius 1 is 0.931 bits per heavy atom. The monoisotopic (exact) mass is 408 g/mol. The van der Waals surface area contributed by atoms with E-state index in [4.69, 9.17) is 4.74 Å². The molecule has 0 spiro atoms. The molecule has 0 aromatic rings. The van der Waals surface area contributed by atoms with Gasteiger partial charge in [-0.25, -0.2) is 9.59 Å². The van der Waals surface area contributed by atoms with Crippen LogP contribution < -0.4 is 10.6 Å². The Kier molecular flexibility index (Phi) is 6.19. The number of carbonyl (C=O) groups excluding carboxylic acids is 4.